The summed E-state index contributed by atoms with van der Waals surface area (Å²) in [5.41, 5.74) is 2.64. The molecule has 114 valence electrons. The fourth-order valence-electron chi connectivity index (χ4n) is 1.77. The number of rotatable bonds is 8. The van der Waals surface area contributed by atoms with E-state index in [2.05, 4.69) is 50.4 Å². The van der Waals surface area contributed by atoms with Crippen molar-refractivity contribution in [3.05, 3.63) is 35.4 Å². The zero-order valence-corrected chi connectivity index (χ0v) is 13.5. The molecule has 1 atom stereocenters. The molecular formula is C17H29NO2. The average Bonchev–Trinajstić information content (AvgIpc) is 2.40. The molecule has 0 bridgehead atoms. The van der Waals surface area contributed by atoms with Gasteiger partial charge in [0.1, 0.15) is 0 Å². The lowest BCUT2D eigenvalue weighted by molar-refractivity contribution is -0.0116. The number of hydrogen-bond donors (Lipinski definition) is 1. The van der Waals surface area contributed by atoms with Crippen LogP contribution in [0.25, 0.3) is 0 Å². The maximum Gasteiger partial charge on any atom is 0.0785 e. The molecule has 1 rings (SSSR count). The van der Waals surface area contributed by atoms with Gasteiger partial charge in [0.15, 0.2) is 0 Å². The highest BCUT2D eigenvalue weighted by Crippen LogP contribution is 2.10. The Kier molecular flexibility index (Phi) is 7.20. The van der Waals surface area contributed by atoms with E-state index in [1.165, 1.54) is 11.1 Å². The first-order valence-corrected chi connectivity index (χ1v) is 7.43. The maximum atomic E-state index is 5.79. The molecule has 20 heavy (non-hydrogen) atoms. The molecule has 0 saturated carbocycles. The van der Waals surface area contributed by atoms with Crippen LogP contribution in [-0.4, -0.2) is 24.9 Å². The summed E-state index contributed by atoms with van der Waals surface area (Å²) < 4.78 is 11.1. The standard InChI is InChI=1S/C17H29NO2/c1-6-19-12-14(2)20-13-16-9-7-8-15(10-16)11-18-17(3,4)5/h7-10,14,18H,6,11-13H2,1-5H3. The van der Waals surface area contributed by atoms with Gasteiger partial charge in [0.25, 0.3) is 0 Å². The first-order chi connectivity index (χ1) is 9.40. The normalized spacial score (nSPS) is 13.4. The molecule has 3 heteroatoms. The fraction of sp³-hybridized carbons (Fsp3) is 0.647. The Morgan fingerprint density at radius 2 is 1.90 bits per heavy atom. The molecule has 0 aromatic heterocycles. The molecule has 1 unspecified atom stereocenters. The van der Waals surface area contributed by atoms with Crippen LogP contribution in [0, 0.1) is 0 Å². The van der Waals surface area contributed by atoms with E-state index in [9.17, 15) is 0 Å². The molecular weight excluding hydrogens is 250 g/mol. The third-order valence-electron chi connectivity index (χ3n) is 2.91. The second-order valence-electron chi connectivity index (χ2n) is 6.20. The Bertz CT molecular complexity index is 385. The lowest BCUT2D eigenvalue weighted by Crippen LogP contribution is -2.35. The monoisotopic (exact) mass is 279 g/mol. The summed E-state index contributed by atoms with van der Waals surface area (Å²) in [7, 11) is 0. The highest BCUT2D eigenvalue weighted by atomic mass is 16.5. The van der Waals surface area contributed by atoms with Gasteiger partial charge in [-0.05, 0) is 45.7 Å². The SMILES string of the molecule is CCOCC(C)OCc1cccc(CNC(C)(C)C)c1. The van der Waals surface area contributed by atoms with Crippen LogP contribution >= 0.6 is 0 Å². The van der Waals surface area contributed by atoms with Crippen molar-refractivity contribution in [1.82, 2.24) is 5.32 Å². The fourth-order valence-corrected chi connectivity index (χ4v) is 1.77. The van der Waals surface area contributed by atoms with Crippen molar-refractivity contribution in [1.29, 1.82) is 0 Å². The van der Waals surface area contributed by atoms with Crippen molar-refractivity contribution in [3.63, 3.8) is 0 Å². The largest absolute Gasteiger partial charge is 0.379 e. The van der Waals surface area contributed by atoms with E-state index in [-0.39, 0.29) is 11.6 Å². The second kappa shape index (κ2) is 8.40. The summed E-state index contributed by atoms with van der Waals surface area (Å²) in [4.78, 5) is 0. The molecule has 0 aliphatic carbocycles. The van der Waals surface area contributed by atoms with E-state index >= 15 is 0 Å². The van der Waals surface area contributed by atoms with Crippen LogP contribution < -0.4 is 5.32 Å². The predicted octanol–water partition coefficient (Wildman–Crippen LogP) is 3.52. The van der Waals surface area contributed by atoms with Crippen LogP contribution in [0.5, 0.6) is 0 Å². The zero-order chi connectivity index (χ0) is 15.0. The van der Waals surface area contributed by atoms with E-state index in [0.717, 1.165) is 13.2 Å². The van der Waals surface area contributed by atoms with E-state index in [1.54, 1.807) is 0 Å². The minimum atomic E-state index is 0.131. The third kappa shape index (κ3) is 7.63. The van der Waals surface area contributed by atoms with Gasteiger partial charge in [-0.3, -0.25) is 0 Å². The molecule has 0 amide bonds. The number of ether oxygens (including phenoxy) is 2. The molecule has 0 spiro atoms. The molecule has 0 aliphatic rings. The van der Waals surface area contributed by atoms with Crippen LogP contribution in [0.15, 0.2) is 24.3 Å². The molecule has 0 heterocycles. The van der Waals surface area contributed by atoms with Crippen molar-refractivity contribution in [3.8, 4) is 0 Å². The minimum Gasteiger partial charge on any atom is -0.379 e. The van der Waals surface area contributed by atoms with E-state index in [4.69, 9.17) is 9.47 Å². The molecule has 0 saturated heterocycles. The summed E-state index contributed by atoms with van der Waals surface area (Å²) >= 11 is 0. The number of hydrogen-bond acceptors (Lipinski definition) is 3. The quantitative estimate of drug-likeness (QED) is 0.790. The molecule has 1 aromatic rings. The van der Waals surface area contributed by atoms with Crippen LogP contribution in [0.4, 0.5) is 0 Å². The zero-order valence-electron chi connectivity index (χ0n) is 13.5. The van der Waals surface area contributed by atoms with Crippen molar-refractivity contribution < 1.29 is 9.47 Å². The number of benzene rings is 1. The highest BCUT2D eigenvalue weighted by Gasteiger charge is 2.08. The van der Waals surface area contributed by atoms with E-state index in [1.807, 2.05) is 13.8 Å². The molecule has 1 aromatic carbocycles. The van der Waals surface area contributed by atoms with Crippen molar-refractivity contribution in [2.75, 3.05) is 13.2 Å². The molecule has 1 N–H and O–H groups in total. The lowest BCUT2D eigenvalue weighted by Gasteiger charge is -2.20. The van der Waals surface area contributed by atoms with Crippen molar-refractivity contribution in [2.45, 2.75) is 59.4 Å². The third-order valence-corrected chi connectivity index (χ3v) is 2.91. The van der Waals surface area contributed by atoms with E-state index < -0.39 is 0 Å². The summed E-state index contributed by atoms with van der Waals surface area (Å²) in [5, 5.41) is 3.50. The van der Waals surface area contributed by atoms with Gasteiger partial charge in [-0.1, -0.05) is 24.3 Å². The predicted molar refractivity (Wildman–Crippen MR) is 83.8 cm³/mol. The van der Waals surface area contributed by atoms with Gasteiger partial charge in [-0.25, -0.2) is 0 Å². The van der Waals surface area contributed by atoms with Crippen LogP contribution in [0.3, 0.4) is 0 Å². The van der Waals surface area contributed by atoms with E-state index in [0.29, 0.717) is 13.2 Å². The summed E-state index contributed by atoms with van der Waals surface area (Å²) in [5.74, 6) is 0. The highest BCUT2D eigenvalue weighted by molar-refractivity contribution is 5.23. The van der Waals surface area contributed by atoms with Gasteiger partial charge in [-0.2, -0.15) is 0 Å². The Labute approximate surface area is 123 Å². The Hall–Kier alpha value is -0.900. The van der Waals surface area contributed by atoms with Gasteiger partial charge in [0, 0.05) is 18.7 Å². The summed E-state index contributed by atoms with van der Waals surface area (Å²) in [6.45, 7) is 13.5. The molecule has 0 radical (unpaired) electrons. The first-order valence-electron chi connectivity index (χ1n) is 7.43. The maximum absolute atomic E-state index is 5.79. The van der Waals surface area contributed by atoms with Gasteiger partial charge in [0.2, 0.25) is 0 Å². The molecule has 0 aliphatic heterocycles. The van der Waals surface area contributed by atoms with Crippen LogP contribution in [0.1, 0.15) is 45.7 Å². The van der Waals surface area contributed by atoms with Gasteiger partial charge >= 0.3 is 0 Å². The van der Waals surface area contributed by atoms with Gasteiger partial charge in [-0.15, -0.1) is 0 Å². The molecule has 0 fully saturated rings. The minimum absolute atomic E-state index is 0.131. The van der Waals surface area contributed by atoms with Gasteiger partial charge < -0.3 is 14.8 Å². The van der Waals surface area contributed by atoms with Crippen LogP contribution in [-0.2, 0) is 22.6 Å². The number of nitrogens with one attached hydrogen (secondary N) is 1. The summed E-state index contributed by atoms with van der Waals surface area (Å²) in [6, 6.07) is 8.54. The second-order valence-corrected chi connectivity index (χ2v) is 6.20. The smallest absolute Gasteiger partial charge is 0.0785 e. The van der Waals surface area contributed by atoms with Crippen molar-refractivity contribution in [2.24, 2.45) is 0 Å². The van der Waals surface area contributed by atoms with Crippen LogP contribution in [0.2, 0.25) is 0 Å². The Morgan fingerprint density at radius 3 is 2.55 bits per heavy atom. The van der Waals surface area contributed by atoms with Crippen molar-refractivity contribution >= 4 is 0 Å². The average molecular weight is 279 g/mol. The molecule has 3 nitrogen and oxygen atoms in total. The lowest BCUT2D eigenvalue weighted by atomic mass is 10.1. The first kappa shape index (κ1) is 17.2. The Balaban J connectivity index is 2.43. The van der Waals surface area contributed by atoms with Gasteiger partial charge in [0.05, 0.1) is 19.3 Å². The topological polar surface area (TPSA) is 30.5 Å². The summed E-state index contributed by atoms with van der Waals surface area (Å²) in [6.07, 6.45) is 0.131. The Morgan fingerprint density at radius 1 is 1.20 bits per heavy atom.